The van der Waals surface area contributed by atoms with Crippen molar-refractivity contribution in [3.8, 4) is 5.75 Å². The Kier molecular flexibility index (Phi) is 3.07. The summed E-state index contributed by atoms with van der Waals surface area (Å²) in [6.07, 6.45) is 2.11. The van der Waals surface area contributed by atoms with Crippen molar-refractivity contribution in [3.05, 3.63) is 22.3 Å². The molecule has 3 heterocycles. The van der Waals surface area contributed by atoms with E-state index in [2.05, 4.69) is 16.5 Å². The van der Waals surface area contributed by atoms with Crippen LogP contribution in [0.15, 0.2) is 4.99 Å². The predicted octanol–water partition coefficient (Wildman–Crippen LogP) is 1.30. The van der Waals surface area contributed by atoms with Crippen molar-refractivity contribution >= 4 is 5.91 Å². The zero-order chi connectivity index (χ0) is 14.4. The summed E-state index contributed by atoms with van der Waals surface area (Å²) in [4.78, 5) is 19.0. The van der Waals surface area contributed by atoms with Gasteiger partial charge in [-0.05, 0) is 32.3 Å². The van der Waals surface area contributed by atoms with Crippen LogP contribution < -0.4 is 10.1 Å². The molecule has 0 spiro atoms. The van der Waals surface area contributed by atoms with Crippen LogP contribution in [0.3, 0.4) is 0 Å². The molecule has 5 nitrogen and oxygen atoms in total. The molecule has 0 N–H and O–H groups in total. The highest BCUT2D eigenvalue weighted by Crippen LogP contribution is 2.36. The number of pyridine rings is 1. The van der Waals surface area contributed by atoms with Crippen molar-refractivity contribution in [1.82, 2.24) is 9.47 Å². The first kappa shape index (κ1) is 13.2. The molecule has 0 saturated carbocycles. The van der Waals surface area contributed by atoms with Gasteiger partial charge in [0.2, 0.25) is 0 Å². The summed E-state index contributed by atoms with van der Waals surface area (Å²) in [5, 5.41) is 0.820. The topological polar surface area (TPSA) is 46.8 Å². The molecular formula is C15H21N3O2. The maximum Gasteiger partial charge on any atom is 0.274 e. The Morgan fingerprint density at radius 1 is 1.45 bits per heavy atom. The molecule has 2 aliphatic heterocycles. The minimum atomic E-state index is 0.0636. The van der Waals surface area contributed by atoms with Gasteiger partial charge in [0.25, 0.3) is 5.91 Å². The molecule has 0 aliphatic carbocycles. The smallest absolute Gasteiger partial charge is 0.274 e. The quantitative estimate of drug-likeness (QED) is 0.816. The van der Waals surface area contributed by atoms with Crippen LogP contribution in [0.2, 0.25) is 0 Å². The Morgan fingerprint density at radius 2 is 2.20 bits per heavy atom. The van der Waals surface area contributed by atoms with Gasteiger partial charge in [0, 0.05) is 25.8 Å². The van der Waals surface area contributed by atoms with Gasteiger partial charge in [0.1, 0.15) is 5.36 Å². The number of hydrogen-bond donors (Lipinski definition) is 0. The van der Waals surface area contributed by atoms with Gasteiger partial charge < -0.3 is 14.2 Å². The number of likely N-dealkylation sites (N-methyl/N-ethyl adjacent to an activating group) is 1. The largest absolute Gasteiger partial charge is 0.492 e. The Hall–Kier alpha value is -1.78. The summed E-state index contributed by atoms with van der Waals surface area (Å²) in [7, 11) is 3.38. The van der Waals surface area contributed by atoms with Crippen molar-refractivity contribution < 1.29 is 9.53 Å². The predicted molar refractivity (Wildman–Crippen MR) is 76.1 cm³/mol. The van der Waals surface area contributed by atoms with Crippen molar-refractivity contribution in [2.45, 2.75) is 32.7 Å². The third kappa shape index (κ3) is 1.55. The second-order valence-corrected chi connectivity index (χ2v) is 5.43. The molecule has 0 bridgehead atoms. The number of ether oxygens (including phenoxy) is 1. The van der Waals surface area contributed by atoms with Gasteiger partial charge in [-0.15, -0.1) is 0 Å². The van der Waals surface area contributed by atoms with E-state index in [0.29, 0.717) is 17.5 Å². The number of carbonyl (C=O) groups is 1. The van der Waals surface area contributed by atoms with Crippen molar-refractivity contribution in [2.24, 2.45) is 4.99 Å². The molecule has 1 aromatic rings. The standard InChI is InChI=1S/C15H21N3O2/c1-5-17-8-10-6-7-11-9(2)12(16-3)14(20-4)13(15(17)19)18(10)11/h10H,5-8H2,1-4H3. The molecule has 3 rings (SSSR count). The molecule has 0 aromatic carbocycles. The minimum Gasteiger partial charge on any atom is -0.492 e. The zero-order valence-corrected chi connectivity index (χ0v) is 12.6. The highest BCUT2D eigenvalue weighted by molar-refractivity contribution is 5.96. The summed E-state index contributed by atoms with van der Waals surface area (Å²) in [6, 6.07) is 0.385. The molecule has 2 aliphatic rings. The summed E-state index contributed by atoms with van der Waals surface area (Å²) in [5.74, 6) is 0.692. The average Bonchev–Trinajstić information content (AvgIpc) is 2.88. The van der Waals surface area contributed by atoms with Crippen LogP contribution in [0.5, 0.6) is 5.75 Å². The van der Waals surface area contributed by atoms with Gasteiger partial charge in [0.15, 0.2) is 11.4 Å². The molecule has 1 aromatic heterocycles. The Balaban J connectivity index is 2.38. The van der Waals surface area contributed by atoms with E-state index < -0.39 is 0 Å². The van der Waals surface area contributed by atoms with Crippen LogP contribution in [-0.4, -0.2) is 42.6 Å². The fraction of sp³-hybridized carbons (Fsp3) is 0.600. The van der Waals surface area contributed by atoms with Gasteiger partial charge >= 0.3 is 0 Å². The van der Waals surface area contributed by atoms with Crippen LogP contribution in [-0.2, 0) is 6.42 Å². The lowest BCUT2D eigenvalue weighted by molar-refractivity contribution is 0.0677. The number of methoxy groups -OCH3 is 1. The summed E-state index contributed by atoms with van der Waals surface area (Å²) >= 11 is 0. The second-order valence-electron chi connectivity index (χ2n) is 5.43. The lowest BCUT2D eigenvalue weighted by Gasteiger charge is -2.34. The van der Waals surface area contributed by atoms with E-state index in [0.717, 1.165) is 36.9 Å². The van der Waals surface area contributed by atoms with E-state index in [9.17, 15) is 4.79 Å². The number of rotatable bonds is 2. The number of amides is 1. The Bertz CT molecular complexity index is 645. The first-order valence-corrected chi connectivity index (χ1v) is 7.18. The van der Waals surface area contributed by atoms with Crippen molar-refractivity contribution in [2.75, 3.05) is 27.2 Å². The lowest BCUT2D eigenvalue weighted by atomic mass is 10.1. The number of nitrogens with zero attached hydrogens (tertiary/aromatic N) is 3. The maximum atomic E-state index is 12.7. The molecule has 5 heteroatoms. The van der Waals surface area contributed by atoms with Crippen LogP contribution in [0.1, 0.15) is 41.1 Å². The van der Waals surface area contributed by atoms with E-state index in [1.165, 1.54) is 5.69 Å². The molecule has 1 atom stereocenters. The molecule has 1 unspecified atom stereocenters. The van der Waals surface area contributed by atoms with E-state index in [4.69, 9.17) is 4.74 Å². The number of aromatic nitrogens is 1. The first-order valence-electron chi connectivity index (χ1n) is 7.18. The summed E-state index contributed by atoms with van der Waals surface area (Å²) in [5.41, 5.74) is 3.08. The van der Waals surface area contributed by atoms with Crippen molar-refractivity contribution in [3.63, 3.8) is 0 Å². The summed E-state index contributed by atoms with van der Waals surface area (Å²) < 4.78 is 7.75. The second kappa shape index (κ2) is 4.65. The third-order valence-corrected chi connectivity index (χ3v) is 4.56. The number of hydrogen-bond acceptors (Lipinski definition) is 3. The lowest BCUT2D eigenvalue weighted by Crippen LogP contribution is -2.44. The van der Waals surface area contributed by atoms with E-state index in [1.54, 1.807) is 14.2 Å². The average molecular weight is 275 g/mol. The third-order valence-electron chi connectivity index (χ3n) is 4.56. The molecule has 0 saturated heterocycles. The highest BCUT2D eigenvalue weighted by Gasteiger charge is 2.38. The zero-order valence-electron chi connectivity index (χ0n) is 12.6. The van der Waals surface area contributed by atoms with Crippen LogP contribution >= 0.6 is 0 Å². The van der Waals surface area contributed by atoms with Gasteiger partial charge in [0.05, 0.1) is 13.2 Å². The highest BCUT2D eigenvalue weighted by atomic mass is 16.5. The van der Waals surface area contributed by atoms with Gasteiger partial charge in [-0.25, -0.2) is 0 Å². The monoisotopic (exact) mass is 275 g/mol. The van der Waals surface area contributed by atoms with Crippen LogP contribution in [0, 0.1) is 6.92 Å². The van der Waals surface area contributed by atoms with Gasteiger partial charge in [-0.2, -0.15) is 0 Å². The molecule has 1 amide bonds. The molecule has 108 valence electrons. The molecular weight excluding hydrogens is 254 g/mol. The molecule has 20 heavy (non-hydrogen) atoms. The molecule has 0 radical (unpaired) electrons. The maximum absolute atomic E-state index is 12.7. The molecule has 0 fully saturated rings. The van der Waals surface area contributed by atoms with E-state index in [-0.39, 0.29) is 5.91 Å². The Labute approximate surface area is 118 Å². The minimum absolute atomic E-state index is 0.0636. The van der Waals surface area contributed by atoms with E-state index >= 15 is 0 Å². The van der Waals surface area contributed by atoms with Crippen LogP contribution in [0.4, 0.5) is 0 Å². The van der Waals surface area contributed by atoms with Gasteiger partial charge in [-0.3, -0.25) is 9.79 Å². The first-order chi connectivity index (χ1) is 9.63. The van der Waals surface area contributed by atoms with Crippen LogP contribution in [0.25, 0.3) is 0 Å². The fourth-order valence-electron chi connectivity index (χ4n) is 3.58. The number of carbonyl (C=O) groups excluding carboxylic acids is 1. The van der Waals surface area contributed by atoms with E-state index in [1.807, 2.05) is 11.8 Å². The fourth-order valence-corrected chi connectivity index (χ4v) is 3.58. The summed E-state index contributed by atoms with van der Waals surface area (Å²) in [6.45, 7) is 5.65. The van der Waals surface area contributed by atoms with Crippen molar-refractivity contribution in [1.29, 1.82) is 0 Å². The Morgan fingerprint density at radius 3 is 2.80 bits per heavy atom. The van der Waals surface area contributed by atoms with Gasteiger partial charge in [-0.1, -0.05) is 0 Å². The normalized spacial score (nSPS) is 21.4. The SMILES string of the molecule is CCN1CC2CCc3c(C)c(=NC)c(OC)c(n32)C1=O.